The summed E-state index contributed by atoms with van der Waals surface area (Å²) in [5.41, 5.74) is 3.35. The SMILES string of the molecule is CC12CCCCC1=Nc1c(Cl)cc(-c3nc(N[C@@H]4CCN(S(C)(=O)=O)C[C@H]4O)ncc3F)cc12. The second-order valence-corrected chi connectivity index (χ2v) is 12.0. The van der Waals surface area contributed by atoms with Crippen molar-refractivity contribution in [3.63, 3.8) is 0 Å². The third-order valence-electron chi connectivity index (χ3n) is 7.23. The molecule has 1 saturated heterocycles. The molecule has 3 aliphatic rings. The topological polar surface area (TPSA) is 108 Å². The Labute approximate surface area is 203 Å². The van der Waals surface area contributed by atoms with Crippen LogP contribution in [0, 0.1) is 5.82 Å². The van der Waals surface area contributed by atoms with E-state index in [1.165, 1.54) is 4.31 Å². The van der Waals surface area contributed by atoms with Gasteiger partial charge in [-0.15, -0.1) is 0 Å². The first kappa shape index (κ1) is 23.6. The number of fused-ring (bicyclic) bond motifs is 3. The maximum Gasteiger partial charge on any atom is 0.223 e. The average Bonchev–Trinajstić information content (AvgIpc) is 3.08. The molecule has 3 atom stereocenters. The van der Waals surface area contributed by atoms with Gasteiger partial charge < -0.3 is 10.4 Å². The van der Waals surface area contributed by atoms with Crippen LogP contribution in [0.1, 0.15) is 44.6 Å². The van der Waals surface area contributed by atoms with E-state index in [0.717, 1.165) is 55.1 Å². The lowest BCUT2D eigenvalue weighted by atomic mass is 9.70. The van der Waals surface area contributed by atoms with E-state index >= 15 is 0 Å². The van der Waals surface area contributed by atoms with Crippen LogP contribution in [0.3, 0.4) is 0 Å². The largest absolute Gasteiger partial charge is 0.390 e. The first-order valence-corrected chi connectivity index (χ1v) is 13.6. The fourth-order valence-corrected chi connectivity index (χ4v) is 6.36. The number of aliphatic imine (C=N–C) groups is 1. The van der Waals surface area contributed by atoms with Crippen molar-refractivity contribution >= 4 is 39.0 Å². The number of sulfonamides is 1. The van der Waals surface area contributed by atoms with Crippen LogP contribution in [-0.2, 0) is 15.4 Å². The number of nitrogens with zero attached hydrogens (tertiary/aromatic N) is 4. The second-order valence-electron chi connectivity index (χ2n) is 9.57. The van der Waals surface area contributed by atoms with Crippen molar-refractivity contribution in [2.45, 2.75) is 56.6 Å². The molecule has 1 aromatic heterocycles. The average molecular weight is 508 g/mol. The third-order valence-corrected chi connectivity index (χ3v) is 8.79. The van der Waals surface area contributed by atoms with Crippen LogP contribution in [0.4, 0.5) is 16.0 Å². The van der Waals surface area contributed by atoms with Gasteiger partial charge in [0.15, 0.2) is 5.82 Å². The predicted molar refractivity (Wildman–Crippen MR) is 130 cm³/mol. The summed E-state index contributed by atoms with van der Waals surface area (Å²) in [5, 5.41) is 14.0. The van der Waals surface area contributed by atoms with E-state index in [-0.39, 0.29) is 30.1 Å². The van der Waals surface area contributed by atoms with Crippen LogP contribution in [0.15, 0.2) is 23.3 Å². The van der Waals surface area contributed by atoms with E-state index < -0.39 is 28.0 Å². The molecule has 5 rings (SSSR count). The van der Waals surface area contributed by atoms with Crippen LogP contribution in [0.25, 0.3) is 11.3 Å². The molecule has 1 unspecified atom stereocenters. The summed E-state index contributed by atoms with van der Waals surface area (Å²) < 4.78 is 39.6. The van der Waals surface area contributed by atoms with Crippen LogP contribution >= 0.6 is 11.6 Å². The highest BCUT2D eigenvalue weighted by molar-refractivity contribution is 7.88. The highest BCUT2D eigenvalue weighted by Gasteiger charge is 2.42. The number of hydrogen-bond acceptors (Lipinski definition) is 7. The summed E-state index contributed by atoms with van der Waals surface area (Å²) in [6, 6.07) is 3.15. The van der Waals surface area contributed by atoms with Crippen molar-refractivity contribution in [1.82, 2.24) is 14.3 Å². The van der Waals surface area contributed by atoms with E-state index in [2.05, 4.69) is 22.2 Å². The van der Waals surface area contributed by atoms with Gasteiger partial charge in [0.05, 0.1) is 35.3 Å². The van der Waals surface area contributed by atoms with E-state index in [4.69, 9.17) is 16.6 Å². The number of aromatic nitrogens is 2. The number of nitrogens with one attached hydrogen (secondary N) is 1. The van der Waals surface area contributed by atoms with Crippen molar-refractivity contribution < 1.29 is 17.9 Å². The lowest BCUT2D eigenvalue weighted by molar-refractivity contribution is 0.0950. The van der Waals surface area contributed by atoms with E-state index in [9.17, 15) is 17.9 Å². The Hall–Kier alpha value is -2.14. The van der Waals surface area contributed by atoms with E-state index in [0.29, 0.717) is 17.0 Å². The van der Waals surface area contributed by atoms with E-state index in [1.54, 1.807) is 6.07 Å². The van der Waals surface area contributed by atoms with Gasteiger partial charge in [-0.2, -0.15) is 4.31 Å². The minimum absolute atomic E-state index is 0.0219. The van der Waals surface area contributed by atoms with Crippen LogP contribution in [0.2, 0.25) is 5.02 Å². The Kier molecular flexibility index (Phi) is 5.91. The minimum atomic E-state index is -3.38. The molecule has 8 nitrogen and oxygen atoms in total. The number of aliphatic hydroxyl groups excluding tert-OH is 1. The molecule has 2 fully saturated rings. The summed E-state index contributed by atoms with van der Waals surface area (Å²) >= 11 is 6.59. The van der Waals surface area contributed by atoms with Gasteiger partial charge in [0.25, 0.3) is 0 Å². The highest BCUT2D eigenvalue weighted by Crippen LogP contribution is 2.51. The lowest BCUT2D eigenvalue weighted by Crippen LogP contribution is -2.51. The van der Waals surface area contributed by atoms with Crippen LogP contribution in [-0.4, -0.2) is 65.0 Å². The van der Waals surface area contributed by atoms with Crippen LogP contribution in [0.5, 0.6) is 0 Å². The van der Waals surface area contributed by atoms with Gasteiger partial charge in [-0.1, -0.05) is 24.9 Å². The molecule has 0 spiro atoms. The van der Waals surface area contributed by atoms with Gasteiger partial charge in [0.2, 0.25) is 16.0 Å². The lowest BCUT2D eigenvalue weighted by Gasteiger charge is -2.34. The molecule has 3 heterocycles. The molecule has 1 saturated carbocycles. The smallest absolute Gasteiger partial charge is 0.223 e. The maximum absolute atomic E-state index is 14.9. The molecule has 1 aromatic carbocycles. The Balaban J connectivity index is 1.43. The molecule has 0 radical (unpaired) electrons. The number of rotatable bonds is 4. The van der Waals surface area contributed by atoms with Crippen molar-refractivity contribution in [3.8, 4) is 11.3 Å². The molecule has 11 heteroatoms. The van der Waals surface area contributed by atoms with Gasteiger partial charge in [0.1, 0.15) is 5.69 Å². The summed E-state index contributed by atoms with van der Waals surface area (Å²) in [5.74, 6) is -0.423. The molecule has 1 aliphatic carbocycles. The molecule has 0 bridgehead atoms. The molecule has 182 valence electrons. The first-order chi connectivity index (χ1) is 16.1. The Bertz CT molecular complexity index is 1290. The van der Waals surface area contributed by atoms with Crippen molar-refractivity contribution in [2.24, 2.45) is 4.99 Å². The molecule has 2 aliphatic heterocycles. The monoisotopic (exact) mass is 507 g/mol. The first-order valence-electron chi connectivity index (χ1n) is 11.4. The number of piperidine rings is 1. The van der Waals surface area contributed by atoms with Gasteiger partial charge >= 0.3 is 0 Å². The number of aliphatic hydroxyl groups is 1. The quantitative estimate of drug-likeness (QED) is 0.654. The predicted octanol–water partition coefficient (Wildman–Crippen LogP) is 3.66. The molecule has 34 heavy (non-hydrogen) atoms. The van der Waals surface area contributed by atoms with Crippen molar-refractivity contribution in [3.05, 3.63) is 34.7 Å². The summed E-state index contributed by atoms with van der Waals surface area (Å²) in [4.78, 5) is 13.2. The minimum Gasteiger partial charge on any atom is -0.390 e. The second kappa shape index (κ2) is 8.51. The van der Waals surface area contributed by atoms with Gasteiger partial charge in [0, 0.05) is 29.8 Å². The van der Waals surface area contributed by atoms with Gasteiger partial charge in [-0.25, -0.2) is 22.8 Å². The van der Waals surface area contributed by atoms with Gasteiger partial charge in [-0.3, -0.25) is 4.99 Å². The zero-order chi connectivity index (χ0) is 24.3. The number of hydrogen-bond donors (Lipinski definition) is 2. The third kappa shape index (κ3) is 4.10. The molecule has 2 N–H and O–H groups in total. The summed E-state index contributed by atoms with van der Waals surface area (Å²) in [6.07, 6.45) is 5.75. The van der Waals surface area contributed by atoms with Gasteiger partial charge in [-0.05, 0) is 43.4 Å². The van der Waals surface area contributed by atoms with Crippen LogP contribution < -0.4 is 5.32 Å². The van der Waals surface area contributed by atoms with Crippen molar-refractivity contribution in [2.75, 3.05) is 24.7 Å². The normalized spacial score (nSPS) is 27.1. The maximum atomic E-state index is 14.9. The summed E-state index contributed by atoms with van der Waals surface area (Å²) in [7, 11) is -3.38. The molecular weight excluding hydrogens is 481 g/mol. The zero-order valence-electron chi connectivity index (χ0n) is 19.1. The molecular formula is C23H27ClFN5O3S. The number of halogens is 2. The van der Waals surface area contributed by atoms with Crippen molar-refractivity contribution in [1.29, 1.82) is 0 Å². The Morgan fingerprint density at radius 3 is 2.85 bits per heavy atom. The number of anilines is 1. The molecule has 2 aromatic rings. The number of benzene rings is 1. The standard InChI is InChI=1S/C23H27ClFN5O3S/c1-23-7-4-3-5-19(23)28-21-14(23)9-13(10-15(21)24)20-16(25)11-26-22(29-20)27-17-6-8-30(12-18(17)31)34(2,32)33/h9-11,17-18,31H,3-8,12H2,1-2H3,(H,26,27,29)/t17-,18-,23?/m1/s1. The highest BCUT2D eigenvalue weighted by atomic mass is 35.5. The summed E-state index contributed by atoms with van der Waals surface area (Å²) in [6.45, 7) is 2.42. The zero-order valence-corrected chi connectivity index (χ0v) is 20.6. The fourth-order valence-electron chi connectivity index (χ4n) is 5.24. The Morgan fingerprint density at radius 1 is 1.32 bits per heavy atom. The molecule has 0 amide bonds. The fraction of sp³-hybridized carbons (Fsp3) is 0.522. The number of β-amino-alcohol motifs (C(OH)–C–C–N with tert-alkyl or cyclic N) is 1. The van der Waals surface area contributed by atoms with E-state index in [1.807, 2.05) is 6.07 Å². The Morgan fingerprint density at radius 2 is 2.12 bits per heavy atom.